The number of aromatic carboxylic acids is 1. The number of carboxylic acid groups (broad SMARTS) is 1. The van der Waals surface area contributed by atoms with Crippen LogP contribution in [0.5, 0.6) is 0 Å². The number of carbonyl (C=O) groups excluding carboxylic acids is 1. The molecule has 0 bridgehead atoms. The number of aromatic amines is 1. The summed E-state index contributed by atoms with van der Waals surface area (Å²) in [5.74, 6) is -1.08. The third-order valence-corrected chi connectivity index (χ3v) is 3.39. The zero-order chi connectivity index (χ0) is 14.5. The summed E-state index contributed by atoms with van der Waals surface area (Å²) in [5, 5.41) is 22.5. The van der Waals surface area contributed by atoms with E-state index >= 15 is 0 Å². The Balaban J connectivity index is 1.81. The number of hydrogen-bond acceptors (Lipinski definition) is 5. The van der Waals surface area contributed by atoms with Gasteiger partial charge in [0.1, 0.15) is 5.01 Å². The lowest BCUT2D eigenvalue weighted by molar-refractivity contribution is 0.0691. The van der Waals surface area contributed by atoms with Gasteiger partial charge in [0.2, 0.25) is 0 Å². The standard InChI is InChI=1S/C11H13N5O3S/c1-6(7-2-13-14-3-7)15-11(19)12-4-9-16-8(5-20-9)10(17)18/h2-3,5-6H,4H2,1H3,(H,13,14)(H,17,18)(H2,12,15,19). The van der Waals surface area contributed by atoms with E-state index in [4.69, 9.17) is 5.11 Å². The van der Waals surface area contributed by atoms with E-state index in [-0.39, 0.29) is 24.3 Å². The van der Waals surface area contributed by atoms with Crippen LogP contribution in [-0.4, -0.2) is 32.3 Å². The molecule has 8 nitrogen and oxygen atoms in total. The number of H-pyrrole nitrogens is 1. The van der Waals surface area contributed by atoms with E-state index in [9.17, 15) is 9.59 Å². The first-order chi connectivity index (χ1) is 9.56. The van der Waals surface area contributed by atoms with Crippen molar-refractivity contribution in [3.05, 3.63) is 34.0 Å². The lowest BCUT2D eigenvalue weighted by Gasteiger charge is -2.12. The average Bonchev–Trinajstić information content (AvgIpc) is 3.07. The van der Waals surface area contributed by atoms with Crippen LogP contribution in [0.1, 0.15) is 34.0 Å². The smallest absolute Gasteiger partial charge is 0.355 e. The van der Waals surface area contributed by atoms with Gasteiger partial charge in [-0.25, -0.2) is 14.6 Å². The van der Waals surface area contributed by atoms with Crippen LogP contribution in [0.4, 0.5) is 4.79 Å². The average molecular weight is 295 g/mol. The molecular weight excluding hydrogens is 282 g/mol. The maximum absolute atomic E-state index is 11.7. The van der Waals surface area contributed by atoms with E-state index in [2.05, 4.69) is 25.8 Å². The van der Waals surface area contributed by atoms with Crippen molar-refractivity contribution in [3.63, 3.8) is 0 Å². The summed E-state index contributed by atoms with van der Waals surface area (Å²) in [6, 6.07) is -0.537. The molecule has 0 aliphatic carbocycles. The molecule has 0 spiro atoms. The Labute approximate surface area is 118 Å². The van der Waals surface area contributed by atoms with Gasteiger partial charge in [0, 0.05) is 17.1 Å². The van der Waals surface area contributed by atoms with E-state index in [0.717, 1.165) is 5.56 Å². The molecule has 9 heteroatoms. The number of carbonyl (C=O) groups is 2. The van der Waals surface area contributed by atoms with E-state index in [1.165, 1.54) is 16.7 Å². The molecule has 2 amide bonds. The van der Waals surface area contributed by atoms with Crippen LogP contribution in [0.2, 0.25) is 0 Å². The fourth-order valence-electron chi connectivity index (χ4n) is 1.47. The summed E-state index contributed by atoms with van der Waals surface area (Å²) in [7, 11) is 0. The van der Waals surface area contributed by atoms with Crippen LogP contribution in [0, 0.1) is 0 Å². The van der Waals surface area contributed by atoms with E-state index in [0.29, 0.717) is 5.01 Å². The second-order valence-electron chi connectivity index (χ2n) is 4.01. The first-order valence-corrected chi connectivity index (χ1v) is 6.65. The van der Waals surface area contributed by atoms with Crippen molar-refractivity contribution >= 4 is 23.3 Å². The second kappa shape index (κ2) is 6.15. The van der Waals surface area contributed by atoms with Crippen molar-refractivity contribution in [3.8, 4) is 0 Å². The molecule has 0 aliphatic heterocycles. The predicted octanol–water partition coefficient (Wildman–Crippen LogP) is 1.12. The van der Waals surface area contributed by atoms with Gasteiger partial charge in [-0.3, -0.25) is 5.10 Å². The van der Waals surface area contributed by atoms with Gasteiger partial charge in [0.15, 0.2) is 5.69 Å². The van der Waals surface area contributed by atoms with Crippen LogP contribution < -0.4 is 10.6 Å². The van der Waals surface area contributed by atoms with Crippen LogP contribution in [-0.2, 0) is 6.54 Å². The maximum Gasteiger partial charge on any atom is 0.355 e. The Morgan fingerprint density at radius 1 is 1.55 bits per heavy atom. The Kier molecular flexibility index (Phi) is 4.31. The van der Waals surface area contributed by atoms with Crippen molar-refractivity contribution in [2.24, 2.45) is 0 Å². The molecule has 0 saturated heterocycles. The van der Waals surface area contributed by atoms with E-state index < -0.39 is 5.97 Å². The van der Waals surface area contributed by atoms with Crippen molar-refractivity contribution in [2.45, 2.75) is 19.5 Å². The van der Waals surface area contributed by atoms with Gasteiger partial charge in [0.05, 0.1) is 18.8 Å². The Hall–Kier alpha value is -2.42. The first-order valence-electron chi connectivity index (χ1n) is 5.77. The predicted molar refractivity (Wildman–Crippen MR) is 71.4 cm³/mol. The molecule has 4 N–H and O–H groups in total. The summed E-state index contributed by atoms with van der Waals surface area (Å²) >= 11 is 1.19. The van der Waals surface area contributed by atoms with Gasteiger partial charge in [-0.15, -0.1) is 11.3 Å². The molecule has 2 aromatic rings. The molecule has 2 heterocycles. The van der Waals surface area contributed by atoms with Crippen molar-refractivity contribution in [1.82, 2.24) is 25.8 Å². The quantitative estimate of drug-likeness (QED) is 0.659. The second-order valence-corrected chi connectivity index (χ2v) is 4.95. The Bertz CT molecular complexity index is 595. The van der Waals surface area contributed by atoms with Gasteiger partial charge in [-0.1, -0.05) is 0 Å². The van der Waals surface area contributed by atoms with Crippen molar-refractivity contribution in [1.29, 1.82) is 0 Å². The normalized spacial score (nSPS) is 11.8. The van der Waals surface area contributed by atoms with Crippen LogP contribution >= 0.6 is 11.3 Å². The van der Waals surface area contributed by atoms with Gasteiger partial charge >= 0.3 is 12.0 Å². The fraction of sp³-hybridized carbons (Fsp3) is 0.273. The third-order valence-electron chi connectivity index (χ3n) is 2.54. The highest BCUT2D eigenvalue weighted by molar-refractivity contribution is 7.09. The minimum Gasteiger partial charge on any atom is -0.476 e. The Morgan fingerprint density at radius 2 is 2.35 bits per heavy atom. The lowest BCUT2D eigenvalue weighted by Crippen LogP contribution is -2.36. The zero-order valence-corrected chi connectivity index (χ0v) is 11.4. The highest BCUT2D eigenvalue weighted by atomic mass is 32.1. The molecular formula is C11H13N5O3S. The third kappa shape index (κ3) is 3.54. The molecule has 2 aromatic heterocycles. The molecule has 20 heavy (non-hydrogen) atoms. The largest absolute Gasteiger partial charge is 0.476 e. The Morgan fingerprint density at radius 3 is 2.95 bits per heavy atom. The highest BCUT2D eigenvalue weighted by Gasteiger charge is 2.12. The molecule has 1 atom stereocenters. The van der Waals surface area contributed by atoms with Gasteiger partial charge in [-0.2, -0.15) is 5.10 Å². The highest BCUT2D eigenvalue weighted by Crippen LogP contribution is 2.10. The van der Waals surface area contributed by atoms with Crippen LogP contribution in [0.15, 0.2) is 17.8 Å². The number of aromatic nitrogens is 3. The summed E-state index contributed by atoms with van der Waals surface area (Å²) in [4.78, 5) is 26.2. The monoisotopic (exact) mass is 295 g/mol. The SMILES string of the molecule is CC(NC(=O)NCc1nc(C(=O)O)cs1)c1cn[nH]c1. The molecule has 2 rings (SSSR count). The molecule has 0 aromatic carbocycles. The molecule has 0 aliphatic rings. The number of urea groups is 1. The number of hydrogen-bond donors (Lipinski definition) is 4. The van der Waals surface area contributed by atoms with Crippen LogP contribution in [0.3, 0.4) is 0 Å². The number of nitrogens with zero attached hydrogens (tertiary/aromatic N) is 2. The summed E-state index contributed by atoms with van der Waals surface area (Å²) < 4.78 is 0. The van der Waals surface area contributed by atoms with Gasteiger partial charge in [-0.05, 0) is 6.92 Å². The summed E-state index contributed by atoms with van der Waals surface area (Å²) in [6.07, 6.45) is 3.33. The fourth-order valence-corrected chi connectivity index (χ4v) is 2.18. The lowest BCUT2D eigenvalue weighted by atomic mass is 10.2. The first kappa shape index (κ1) is 14.0. The van der Waals surface area contributed by atoms with Gasteiger partial charge in [0.25, 0.3) is 0 Å². The number of nitrogens with one attached hydrogen (secondary N) is 3. The number of amides is 2. The molecule has 0 fully saturated rings. The van der Waals surface area contributed by atoms with E-state index in [1.54, 1.807) is 12.4 Å². The summed E-state index contributed by atoms with van der Waals surface area (Å²) in [6.45, 7) is 2.01. The molecule has 106 valence electrons. The minimum absolute atomic E-state index is 0.0148. The number of thiazole rings is 1. The van der Waals surface area contributed by atoms with Gasteiger partial charge < -0.3 is 15.7 Å². The van der Waals surface area contributed by atoms with E-state index in [1.807, 2.05) is 6.92 Å². The molecule has 1 unspecified atom stereocenters. The maximum atomic E-state index is 11.7. The number of rotatable bonds is 5. The summed E-state index contributed by atoms with van der Waals surface area (Å²) in [5.41, 5.74) is 0.849. The topological polar surface area (TPSA) is 120 Å². The number of carboxylic acids is 1. The molecule has 0 radical (unpaired) electrons. The molecule has 0 saturated carbocycles. The zero-order valence-electron chi connectivity index (χ0n) is 10.6. The van der Waals surface area contributed by atoms with Crippen LogP contribution in [0.25, 0.3) is 0 Å². The van der Waals surface area contributed by atoms with Crippen molar-refractivity contribution < 1.29 is 14.7 Å². The van der Waals surface area contributed by atoms with Crippen molar-refractivity contribution in [2.75, 3.05) is 0 Å². The minimum atomic E-state index is -1.08.